The number of nitrogens with zero attached hydrogens (tertiary/aromatic N) is 3. The van der Waals surface area contributed by atoms with E-state index < -0.39 is 5.82 Å². The lowest BCUT2D eigenvalue weighted by Gasteiger charge is -2.28. The fourth-order valence-electron chi connectivity index (χ4n) is 3.00. The first-order valence-electron chi connectivity index (χ1n) is 8.09. The molecule has 1 aromatic heterocycles. The summed E-state index contributed by atoms with van der Waals surface area (Å²) in [4.78, 5) is 9.72. The summed E-state index contributed by atoms with van der Waals surface area (Å²) in [5, 5.41) is 0. The van der Waals surface area contributed by atoms with Crippen LogP contribution in [0.1, 0.15) is 22.3 Å². The number of benzene rings is 2. The van der Waals surface area contributed by atoms with Gasteiger partial charge in [0.15, 0.2) is 11.6 Å². The molecule has 0 amide bonds. The number of anilines is 4. The minimum atomic E-state index is -0.519. The van der Waals surface area contributed by atoms with Crippen LogP contribution in [0.4, 0.5) is 27.5 Å². The smallest absolute Gasteiger partial charge is 0.222 e. The lowest BCUT2D eigenvalue weighted by atomic mass is 10.1. The van der Waals surface area contributed by atoms with E-state index in [0.717, 1.165) is 39.8 Å². The van der Waals surface area contributed by atoms with Crippen LogP contribution >= 0.6 is 0 Å². The minimum Gasteiger partial charge on any atom is -0.368 e. The SMILES string of the molecule is Cc1ccc(N(c2ccc(C)cc2C)c2nc(N)ncc2F)c(C)c1. The van der Waals surface area contributed by atoms with Crippen molar-refractivity contribution in [3.05, 3.63) is 70.7 Å². The monoisotopic (exact) mass is 336 g/mol. The molecule has 0 aliphatic heterocycles. The largest absolute Gasteiger partial charge is 0.368 e. The molecule has 3 aromatic rings. The Bertz CT molecular complexity index is 885. The molecule has 0 fully saturated rings. The Kier molecular flexibility index (Phi) is 4.40. The number of nitrogens with two attached hydrogens (primary N) is 1. The molecular weight excluding hydrogens is 315 g/mol. The third kappa shape index (κ3) is 3.31. The summed E-state index contributed by atoms with van der Waals surface area (Å²) >= 11 is 0. The van der Waals surface area contributed by atoms with Crippen molar-refractivity contribution in [2.24, 2.45) is 0 Å². The van der Waals surface area contributed by atoms with Gasteiger partial charge in [0.1, 0.15) is 0 Å². The molecule has 0 atom stereocenters. The fourth-order valence-corrected chi connectivity index (χ4v) is 3.00. The van der Waals surface area contributed by atoms with Crippen LogP contribution in [0, 0.1) is 33.5 Å². The van der Waals surface area contributed by atoms with Crippen LogP contribution in [-0.4, -0.2) is 9.97 Å². The van der Waals surface area contributed by atoms with Gasteiger partial charge in [-0.25, -0.2) is 9.37 Å². The summed E-state index contributed by atoms with van der Waals surface area (Å²) in [5.41, 5.74) is 11.8. The number of nitrogen functional groups attached to an aromatic ring is 1. The maximum Gasteiger partial charge on any atom is 0.222 e. The molecule has 0 aliphatic carbocycles. The van der Waals surface area contributed by atoms with Crippen molar-refractivity contribution >= 4 is 23.1 Å². The highest BCUT2D eigenvalue weighted by molar-refractivity contribution is 5.79. The summed E-state index contributed by atoms with van der Waals surface area (Å²) in [6.07, 6.45) is 1.11. The summed E-state index contributed by atoms with van der Waals surface area (Å²) in [6, 6.07) is 12.1. The van der Waals surface area contributed by atoms with E-state index in [2.05, 4.69) is 22.1 Å². The van der Waals surface area contributed by atoms with E-state index in [-0.39, 0.29) is 11.8 Å². The molecule has 1 heterocycles. The van der Waals surface area contributed by atoms with E-state index >= 15 is 0 Å². The number of aromatic nitrogens is 2. The van der Waals surface area contributed by atoms with Crippen molar-refractivity contribution in [3.63, 3.8) is 0 Å². The van der Waals surface area contributed by atoms with E-state index in [1.165, 1.54) is 0 Å². The average molecular weight is 336 g/mol. The molecule has 5 heteroatoms. The summed E-state index contributed by atoms with van der Waals surface area (Å²) in [6.45, 7) is 8.06. The number of hydrogen-bond donors (Lipinski definition) is 1. The fraction of sp³-hybridized carbons (Fsp3) is 0.200. The third-order valence-electron chi connectivity index (χ3n) is 4.14. The summed E-state index contributed by atoms with van der Waals surface area (Å²) < 4.78 is 14.6. The van der Waals surface area contributed by atoms with E-state index in [1.54, 1.807) is 4.90 Å². The molecule has 0 saturated carbocycles. The molecule has 0 bridgehead atoms. The quantitative estimate of drug-likeness (QED) is 0.739. The lowest BCUT2D eigenvalue weighted by Crippen LogP contribution is -2.17. The molecule has 2 aromatic carbocycles. The molecule has 128 valence electrons. The summed E-state index contributed by atoms with van der Waals surface area (Å²) in [7, 11) is 0. The van der Waals surface area contributed by atoms with Gasteiger partial charge in [-0.2, -0.15) is 4.98 Å². The van der Waals surface area contributed by atoms with Gasteiger partial charge in [-0.05, 0) is 51.0 Å². The topological polar surface area (TPSA) is 55.0 Å². The van der Waals surface area contributed by atoms with Gasteiger partial charge in [0.2, 0.25) is 5.95 Å². The van der Waals surface area contributed by atoms with Gasteiger partial charge < -0.3 is 5.73 Å². The van der Waals surface area contributed by atoms with Crippen molar-refractivity contribution in [1.29, 1.82) is 0 Å². The highest BCUT2D eigenvalue weighted by Gasteiger charge is 2.21. The van der Waals surface area contributed by atoms with E-state index in [0.29, 0.717) is 0 Å². The molecule has 25 heavy (non-hydrogen) atoms. The Hall–Kier alpha value is -2.95. The maximum absolute atomic E-state index is 14.6. The Morgan fingerprint density at radius 1 is 0.880 bits per heavy atom. The highest BCUT2D eigenvalue weighted by atomic mass is 19.1. The van der Waals surface area contributed by atoms with Gasteiger partial charge in [-0.3, -0.25) is 4.90 Å². The molecule has 0 aliphatic rings. The molecule has 0 radical (unpaired) electrons. The third-order valence-corrected chi connectivity index (χ3v) is 4.14. The zero-order valence-electron chi connectivity index (χ0n) is 14.8. The lowest BCUT2D eigenvalue weighted by molar-refractivity contribution is 0.616. The number of halogens is 1. The predicted molar refractivity (Wildman–Crippen MR) is 100 cm³/mol. The van der Waals surface area contributed by atoms with Crippen LogP contribution in [0.5, 0.6) is 0 Å². The van der Waals surface area contributed by atoms with Crippen molar-refractivity contribution < 1.29 is 4.39 Å². The zero-order chi connectivity index (χ0) is 18.1. The van der Waals surface area contributed by atoms with Crippen LogP contribution in [0.2, 0.25) is 0 Å². The first kappa shape index (κ1) is 16.9. The number of rotatable bonds is 3. The first-order chi connectivity index (χ1) is 11.9. The van der Waals surface area contributed by atoms with Crippen LogP contribution < -0.4 is 10.6 Å². The molecule has 0 saturated heterocycles. The second-order valence-corrected chi connectivity index (χ2v) is 6.32. The molecule has 3 rings (SSSR count). The molecule has 2 N–H and O–H groups in total. The Balaban J connectivity index is 2.30. The zero-order valence-corrected chi connectivity index (χ0v) is 14.8. The molecule has 4 nitrogen and oxygen atoms in total. The molecule has 0 unspecified atom stereocenters. The number of aryl methyl sites for hydroxylation is 4. The van der Waals surface area contributed by atoms with Gasteiger partial charge in [0.05, 0.1) is 17.6 Å². The second kappa shape index (κ2) is 6.51. The molecule has 0 spiro atoms. The minimum absolute atomic E-state index is 0.0379. The van der Waals surface area contributed by atoms with Crippen LogP contribution in [0.15, 0.2) is 42.6 Å². The normalized spacial score (nSPS) is 10.8. The van der Waals surface area contributed by atoms with Crippen LogP contribution in [0.3, 0.4) is 0 Å². The van der Waals surface area contributed by atoms with Gasteiger partial charge in [0, 0.05) is 0 Å². The van der Waals surface area contributed by atoms with Gasteiger partial charge in [-0.1, -0.05) is 35.4 Å². The Morgan fingerprint density at radius 3 is 1.88 bits per heavy atom. The van der Waals surface area contributed by atoms with Gasteiger partial charge >= 0.3 is 0 Å². The van der Waals surface area contributed by atoms with E-state index in [4.69, 9.17) is 5.73 Å². The van der Waals surface area contributed by atoms with Crippen molar-refractivity contribution in [3.8, 4) is 0 Å². The summed E-state index contributed by atoms with van der Waals surface area (Å²) in [5.74, 6) is -0.337. The average Bonchev–Trinajstić information content (AvgIpc) is 2.54. The maximum atomic E-state index is 14.6. The van der Waals surface area contributed by atoms with Gasteiger partial charge in [-0.15, -0.1) is 0 Å². The van der Waals surface area contributed by atoms with Crippen molar-refractivity contribution in [2.75, 3.05) is 10.6 Å². The highest BCUT2D eigenvalue weighted by Crippen LogP contribution is 2.38. The first-order valence-corrected chi connectivity index (χ1v) is 8.09. The standard InChI is InChI=1S/C20H21FN4/c1-12-5-7-17(14(3)9-12)25(18-8-6-13(2)10-15(18)4)19-16(21)11-23-20(22)24-19/h5-11H,1-4H3,(H2,22,23,24). The number of hydrogen-bond acceptors (Lipinski definition) is 4. The molecular formula is C20H21FN4. The van der Waals surface area contributed by atoms with E-state index in [1.807, 2.05) is 52.0 Å². The predicted octanol–water partition coefficient (Wildman–Crippen LogP) is 4.90. The Labute approximate surface area is 147 Å². The van der Waals surface area contributed by atoms with Crippen molar-refractivity contribution in [2.45, 2.75) is 27.7 Å². The second-order valence-electron chi connectivity index (χ2n) is 6.32. The Morgan fingerprint density at radius 2 is 1.40 bits per heavy atom. The van der Waals surface area contributed by atoms with Crippen LogP contribution in [-0.2, 0) is 0 Å². The van der Waals surface area contributed by atoms with Gasteiger partial charge in [0.25, 0.3) is 0 Å². The van der Waals surface area contributed by atoms with Crippen LogP contribution in [0.25, 0.3) is 0 Å². The van der Waals surface area contributed by atoms with E-state index in [9.17, 15) is 4.39 Å². The van der Waals surface area contributed by atoms with Crippen molar-refractivity contribution in [1.82, 2.24) is 9.97 Å².